The standard InChI is InChI=1S/C15H17FN2O2/c1-11(17)13-6-5-12(10-14(13)16)20-9-8-18-7-3-2-4-15(18)19/h2-7,10-11H,8-9,17H2,1H3/t11-/m0/s1. The molecule has 5 heteroatoms. The summed E-state index contributed by atoms with van der Waals surface area (Å²) in [4.78, 5) is 11.5. The lowest BCUT2D eigenvalue weighted by Crippen LogP contribution is -2.21. The van der Waals surface area contributed by atoms with Crippen LogP contribution in [0.3, 0.4) is 0 Å². The highest BCUT2D eigenvalue weighted by atomic mass is 19.1. The SMILES string of the molecule is C[C@H](N)c1ccc(OCCn2ccccc2=O)cc1F. The molecule has 1 aromatic carbocycles. The first-order chi connectivity index (χ1) is 9.58. The minimum absolute atomic E-state index is 0.0883. The number of nitrogens with zero attached hydrogens (tertiary/aromatic N) is 1. The topological polar surface area (TPSA) is 57.2 Å². The van der Waals surface area contributed by atoms with Gasteiger partial charge in [-0.25, -0.2) is 4.39 Å². The van der Waals surface area contributed by atoms with Crippen molar-refractivity contribution in [3.8, 4) is 5.75 Å². The number of hydrogen-bond donors (Lipinski definition) is 1. The molecule has 0 fully saturated rings. The van der Waals surface area contributed by atoms with Crippen LogP contribution in [-0.2, 0) is 6.54 Å². The minimum Gasteiger partial charge on any atom is -0.492 e. The van der Waals surface area contributed by atoms with Crippen LogP contribution in [0.25, 0.3) is 0 Å². The van der Waals surface area contributed by atoms with Gasteiger partial charge in [-0.15, -0.1) is 0 Å². The van der Waals surface area contributed by atoms with Gasteiger partial charge in [0, 0.05) is 29.9 Å². The van der Waals surface area contributed by atoms with Crippen LogP contribution in [-0.4, -0.2) is 11.2 Å². The molecule has 0 bridgehead atoms. The van der Waals surface area contributed by atoms with Gasteiger partial charge in [-0.2, -0.15) is 0 Å². The van der Waals surface area contributed by atoms with Crippen LogP contribution in [0.1, 0.15) is 18.5 Å². The Morgan fingerprint density at radius 2 is 2.15 bits per heavy atom. The zero-order valence-electron chi connectivity index (χ0n) is 11.3. The van der Waals surface area contributed by atoms with Crippen molar-refractivity contribution in [1.29, 1.82) is 0 Å². The average molecular weight is 276 g/mol. The number of nitrogens with two attached hydrogens (primary N) is 1. The van der Waals surface area contributed by atoms with E-state index >= 15 is 0 Å². The number of pyridine rings is 1. The Kier molecular flexibility index (Phi) is 4.53. The van der Waals surface area contributed by atoms with E-state index in [1.807, 2.05) is 0 Å². The van der Waals surface area contributed by atoms with Crippen LogP contribution in [0.5, 0.6) is 5.75 Å². The van der Waals surface area contributed by atoms with E-state index in [-0.39, 0.29) is 17.4 Å². The van der Waals surface area contributed by atoms with Gasteiger partial charge in [0.2, 0.25) is 0 Å². The van der Waals surface area contributed by atoms with Gasteiger partial charge in [0.1, 0.15) is 18.2 Å². The smallest absolute Gasteiger partial charge is 0.250 e. The second-order valence-electron chi connectivity index (χ2n) is 4.55. The second-order valence-corrected chi connectivity index (χ2v) is 4.55. The fourth-order valence-electron chi connectivity index (χ4n) is 1.87. The Labute approximate surface area is 116 Å². The van der Waals surface area contributed by atoms with Crippen molar-refractivity contribution in [1.82, 2.24) is 4.57 Å². The molecule has 1 heterocycles. The normalized spacial score (nSPS) is 12.2. The Morgan fingerprint density at radius 3 is 2.80 bits per heavy atom. The molecule has 0 aliphatic heterocycles. The summed E-state index contributed by atoms with van der Waals surface area (Å²) in [5.74, 6) is 0.0465. The molecule has 0 saturated carbocycles. The number of halogens is 1. The van der Waals surface area contributed by atoms with Gasteiger partial charge in [-0.1, -0.05) is 12.1 Å². The van der Waals surface area contributed by atoms with Gasteiger partial charge < -0.3 is 15.0 Å². The molecule has 1 aromatic heterocycles. The Morgan fingerprint density at radius 1 is 1.35 bits per heavy atom. The molecule has 20 heavy (non-hydrogen) atoms. The maximum atomic E-state index is 13.7. The molecular weight excluding hydrogens is 259 g/mol. The van der Waals surface area contributed by atoms with Crippen LogP contribution >= 0.6 is 0 Å². The summed E-state index contributed by atoms with van der Waals surface area (Å²) >= 11 is 0. The zero-order chi connectivity index (χ0) is 14.5. The lowest BCUT2D eigenvalue weighted by Gasteiger charge is -2.11. The Hall–Kier alpha value is -2.14. The third-order valence-electron chi connectivity index (χ3n) is 2.96. The Balaban J connectivity index is 1.97. The predicted molar refractivity (Wildman–Crippen MR) is 75.2 cm³/mol. The summed E-state index contributed by atoms with van der Waals surface area (Å²) in [6.07, 6.45) is 1.69. The summed E-state index contributed by atoms with van der Waals surface area (Å²) in [7, 11) is 0. The molecule has 0 unspecified atom stereocenters. The molecule has 2 aromatic rings. The lowest BCUT2D eigenvalue weighted by atomic mass is 10.1. The largest absolute Gasteiger partial charge is 0.492 e. The van der Waals surface area contributed by atoms with Crippen molar-refractivity contribution in [3.05, 3.63) is 64.3 Å². The molecule has 106 valence electrons. The maximum absolute atomic E-state index is 13.7. The molecule has 0 aliphatic rings. The predicted octanol–water partition coefficient (Wildman–Crippen LogP) is 2.09. The van der Waals surface area contributed by atoms with Crippen molar-refractivity contribution in [3.63, 3.8) is 0 Å². The van der Waals surface area contributed by atoms with E-state index < -0.39 is 0 Å². The van der Waals surface area contributed by atoms with Crippen molar-refractivity contribution >= 4 is 0 Å². The third kappa shape index (κ3) is 3.45. The van der Waals surface area contributed by atoms with Crippen molar-refractivity contribution in [2.45, 2.75) is 19.5 Å². The van der Waals surface area contributed by atoms with Crippen LogP contribution in [0, 0.1) is 5.82 Å². The first-order valence-electron chi connectivity index (χ1n) is 6.41. The van der Waals surface area contributed by atoms with Gasteiger partial charge in [0.15, 0.2) is 0 Å². The second kappa shape index (κ2) is 6.34. The van der Waals surface area contributed by atoms with Gasteiger partial charge >= 0.3 is 0 Å². The van der Waals surface area contributed by atoms with Gasteiger partial charge in [-0.05, 0) is 19.1 Å². The summed E-state index contributed by atoms with van der Waals surface area (Å²) in [5, 5.41) is 0. The van der Waals surface area contributed by atoms with E-state index in [0.717, 1.165) is 0 Å². The molecule has 0 aliphatic carbocycles. The summed E-state index contributed by atoms with van der Waals surface area (Å²) in [5.41, 5.74) is 6.01. The lowest BCUT2D eigenvalue weighted by molar-refractivity contribution is 0.294. The van der Waals surface area contributed by atoms with Gasteiger partial charge in [0.05, 0.1) is 6.54 Å². The van der Waals surface area contributed by atoms with Gasteiger partial charge in [-0.3, -0.25) is 4.79 Å². The van der Waals surface area contributed by atoms with E-state index in [0.29, 0.717) is 24.5 Å². The molecule has 0 amide bonds. The molecule has 4 nitrogen and oxygen atoms in total. The van der Waals surface area contributed by atoms with Crippen molar-refractivity contribution in [2.75, 3.05) is 6.61 Å². The van der Waals surface area contributed by atoms with Crippen LogP contribution in [0.15, 0.2) is 47.4 Å². The first kappa shape index (κ1) is 14.3. The van der Waals surface area contributed by atoms with E-state index in [2.05, 4.69) is 0 Å². The Bertz CT molecular complexity index is 638. The van der Waals surface area contributed by atoms with Gasteiger partial charge in [0.25, 0.3) is 5.56 Å². The van der Waals surface area contributed by atoms with E-state index in [4.69, 9.17) is 10.5 Å². The van der Waals surface area contributed by atoms with Crippen LogP contribution < -0.4 is 16.0 Å². The maximum Gasteiger partial charge on any atom is 0.250 e. The highest BCUT2D eigenvalue weighted by Crippen LogP contribution is 2.20. The quantitative estimate of drug-likeness (QED) is 0.909. The average Bonchev–Trinajstić information content (AvgIpc) is 2.40. The molecule has 1 atom stereocenters. The van der Waals surface area contributed by atoms with Crippen LogP contribution in [0.4, 0.5) is 4.39 Å². The van der Waals surface area contributed by atoms with Crippen molar-refractivity contribution < 1.29 is 9.13 Å². The zero-order valence-corrected chi connectivity index (χ0v) is 11.3. The summed E-state index contributed by atoms with van der Waals surface area (Å²) in [6.45, 7) is 2.43. The van der Waals surface area contributed by atoms with E-state index in [1.165, 1.54) is 16.7 Å². The molecular formula is C15H17FN2O2. The first-order valence-corrected chi connectivity index (χ1v) is 6.41. The number of benzene rings is 1. The fraction of sp³-hybridized carbons (Fsp3) is 0.267. The fourth-order valence-corrected chi connectivity index (χ4v) is 1.87. The van der Waals surface area contributed by atoms with E-state index in [9.17, 15) is 9.18 Å². The monoisotopic (exact) mass is 276 g/mol. The molecule has 0 spiro atoms. The number of rotatable bonds is 5. The molecule has 0 radical (unpaired) electrons. The number of hydrogen-bond acceptors (Lipinski definition) is 3. The molecule has 0 saturated heterocycles. The third-order valence-corrected chi connectivity index (χ3v) is 2.96. The van der Waals surface area contributed by atoms with Crippen molar-refractivity contribution in [2.24, 2.45) is 5.73 Å². The summed E-state index contributed by atoms with van der Waals surface area (Å²) < 4.78 is 20.7. The van der Waals surface area contributed by atoms with Crippen LogP contribution in [0.2, 0.25) is 0 Å². The minimum atomic E-state index is -0.380. The highest BCUT2D eigenvalue weighted by molar-refractivity contribution is 5.30. The van der Waals surface area contributed by atoms with E-state index in [1.54, 1.807) is 37.4 Å². The number of aromatic nitrogens is 1. The number of ether oxygens (including phenoxy) is 1. The molecule has 2 rings (SSSR count). The highest BCUT2D eigenvalue weighted by Gasteiger charge is 2.08. The molecule has 2 N–H and O–H groups in total. The summed E-state index contributed by atoms with van der Waals surface area (Å²) in [6, 6.07) is 9.19.